The third kappa shape index (κ3) is 4.70. The molecular formula is C17H22N4OS2. The average Bonchev–Trinajstić information content (AvgIpc) is 2.84. The first-order chi connectivity index (χ1) is 11.7. The summed E-state index contributed by atoms with van der Waals surface area (Å²) in [5.41, 5.74) is 6.64. The second kappa shape index (κ2) is 8.48. The zero-order valence-corrected chi connectivity index (χ0v) is 15.1. The molecule has 1 atom stereocenters. The molecule has 24 heavy (non-hydrogen) atoms. The van der Waals surface area contributed by atoms with Crippen LogP contribution >= 0.6 is 23.1 Å². The Kier molecular flexibility index (Phi) is 6.09. The second-order valence-electron chi connectivity index (χ2n) is 6.01. The Labute approximate surface area is 150 Å². The van der Waals surface area contributed by atoms with E-state index < -0.39 is 0 Å². The topological polar surface area (TPSA) is 80.9 Å². The predicted molar refractivity (Wildman–Crippen MR) is 99.0 cm³/mol. The lowest BCUT2D eigenvalue weighted by atomic mass is 10.1. The molecule has 1 heterocycles. The van der Waals surface area contributed by atoms with Crippen LogP contribution in [0.25, 0.3) is 0 Å². The highest BCUT2D eigenvalue weighted by molar-refractivity contribution is 8.01. The number of nitrogens with one attached hydrogen (secondary N) is 1. The summed E-state index contributed by atoms with van der Waals surface area (Å²) in [6.07, 6.45) is 7.08. The number of carbonyl (C=O) groups excluding carboxylic acids is 1. The molecule has 0 aliphatic heterocycles. The van der Waals surface area contributed by atoms with Gasteiger partial charge in [-0.25, -0.2) is 0 Å². The average molecular weight is 363 g/mol. The van der Waals surface area contributed by atoms with Gasteiger partial charge in [0.1, 0.15) is 5.25 Å². The largest absolute Gasteiger partial charge is 0.374 e. The number of hydrogen-bond acceptors (Lipinski definition) is 6. The molecule has 2 aromatic rings. The van der Waals surface area contributed by atoms with Gasteiger partial charge in [-0.3, -0.25) is 4.79 Å². The Balaban J connectivity index is 1.74. The van der Waals surface area contributed by atoms with Crippen LogP contribution in [0.4, 0.5) is 5.13 Å². The van der Waals surface area contributed by atoms with Gasteiger partial charge in [-0.05, 0) is 18.4 Å². The highest BCUT2D eigenvalue weighted by atomic mass is 32.2. The van der Waals surface area contributed by atoms with Crippen molar-refractivity contribution < 1.29 is 4.79 Å². The van der Waals surface area contributed by atoms with Gasteiger partial charge in [-0.2, -0.15) is 0 Å². The van der Waals surface area contributed by atoms with Crippen molar-refractivity contribution >= 4 is 34.1 Å². The predicted octanol–water partition coefficient (Wildman–Crippen LogP) is 3.79. The standard InChI is InChI=1S/C17H22N4OS2/c18-16-20-21-17(24-16)23-14(12-8-4-3-5-9-12)15(22)19-13-10-6-1-2-7-11-13/h3-5,8-9,13-14H,1-2,6-7,10-11H2,(H2,18,20)(H,19,22)/t14-/m0/s1. The second-order valence-corrected chi connectivity index (χ2v) is 8.37. The molecule has 1 aromatic carbocycles. The molecule has 0 spiro atoms. The number of hydrogen-bond donors (Lipinski definition) is 2. The summed E-state index contributed by atoms with van der Waals surface area (Å²) in [5, 5.41) is 11.2. The van der Waals surface area contributed by atoms with E-state index in [9.17, 15) is 4.79 Å². The third-order valence-electron chi connectivity index (χ3n) is 4.18. The highest BCUT2D eigenvalue weighted by Crippen LogP contribution is 2.37. The first-order valence-corrected chi connectivity index (χ1v) is 10.0. The van der Waals surface area contributed by atoms with Gasteiger partial charge < -0.3 is 11.1 Å². The molecule has 0 saturated heterocycles. The van der Waals surface area contributed by atoms with Crippen LogP contribution in [0.3, 0.4) is 0 Å². The fourth-order valence-corrected chi connectivity index (χ4v) is 4.81. The fraction of sp³-hybridized carbons (Fsp3) is 0.471. The van der Waals surface area contributed by atoms with E-state index in [-0.39, 0.29) is 17.2 Å². The van der Waals surface area contributed by atoms with Crippen molar-refractivity contribution in [1.29, 1.82) is 0 Å². The van der Waals surface area contributed by atoms with Crippen molar-refractivity contribution in [3.05, 3.63) is 35.9 Å². The number of thioether (sulfide) groups is 1. The minimum atomic E-state index is -0.332. The van der Waals surface area contributed by atoms with Crippen LogP contribution in [-0.4, -0.2) is 22.1 Å². The van der Waals surface area contributed by atoms with E-state index in [0.717, 1.165) is 22.7 Å². The molecule has 3 rings (SSSR count). The minimum Gasteiger partial charge on any atom is -0.374 e. The maximum absolute atomic E-state index is 12.9. The van der Waals surface area contributed by atoms with Crippen LogP contribution in [0, 0.1) is 0 Å². The van der Waals surface area contributed by atoms with E-state index in [1.165, 1.54) is 48.8 Å². The Morgan fingerprint density at radius 1 is 1.17 bits per heavy atom. The summed E-state index contributed by atoms with van der Waals surface area (Å²) in [6.45, 7) is 0. The third-order valence-corrected chi connectivity index (χ3v) is 6.27. The molecule has 3 N–H and O–H groups in total. The summed E-state index contributed by atoms with van der Waals surface area (Å²) < 4.78 is 0.720. The Bertz CT molecular complexity index is 654. The molecule has 1 aliphatic carbocycles. The van der Waals surface area contributed by atoms with Crippen molar-refractivity contribution in [3.8, 4) is 0 Å². The normalized spacial score (nSPS) is 17.2. The number of nitrogens with two attached hydrogens (primary N) is 1. The number of carbonyl (C=O) groups is 1. The maximum atomic E-state index is 12.9. The highest BCUT2D eigenvalue weighted by Gasteiger charge is 2.26. The zero-order chi connectivity index (χ0) is 16.8. The first kappa shape index (κ1) is 17.2. The van der Waals surface area contributed by atoms with Crippen LogP contribution in [-0.2, 0) is 4.79 Å². The molecular weight excluding hydrogens is 340 g/mol. The zero-order valence-electron chi connectivity index (χ0n) is 13.5. The maximum Gasteiger partial charge on any atom is 0.238 e. The fourth-order valence-electron chi connectivity index (χ4n) is 2.97. The molecule has 0 bridgehead atoms. The molecule has 128 valence electrons. The summed E-state index contributed by atoms with van der Waals surface area (Å²) in [7, 11) is 0. The van der Waals surface area contributed by atoms with Crippen LogP contribution < -0.4 is 11.1 Å². The smallest absolute Gasteiger partial charge is 0.238 e. The van der Waals surface area contributed by atoms with E-state index in [4.69, 9.17) is 5.73 Å². The molecule has 5 nitrogen and oxygen atoms in total. The van der Waals surface area contributed by atoms with Crippen LogP contribution in [0.5, 0.6) is 0 Å². The van der Waals surface area contributed by atoms with Gasteiger partial charge in [0.15, 0.2) is 4.34 Å². The quantitative estimate of drug-likeness (QED) is 0.625. The molecule has 0 radical (unpaired) electrons. The number of nitrogens with zero attached hydrogens (tertiary/aromatic N) is 2. The van der Waals surface area contributed by atoms with Gasteiger partial charge in [0.2, 0.25) is 11.0 Å². The summed E-state index contributed by atoms with van der Waals surface area (Å²) in [4.78, 5) is 12.9. The molecule has 1 amide bonds. The van der Waals surface area contributed by atoms with Gasteiger partial charge in [0.25, 0.3) is 0 Å². The number of benzene rings is 1. The van der Waals surface area contributed by atoms with E-state index in [1.54, 1.807) is 0 Å². The molecule has 1 saturated carbocycles. The van der Waals surface area contributed by atoms with E-state index in [2.05, 4.69) is 15.5 Å². The van der Waals surface area contributed by atoms with Crippen molar-refractivity contribution in [1.82, 2.24) is 15.5 Å². The SMILES string of the molecule is Nc1nnc(S[C@H](C(=O)NC2CCCCCC2)c2ccccc2)s1. The lowest BCUT2D eigenvalue weighted by molar-refractivity contribution is -0.121. The molecule has 0 unspecified atom stereocenters. The summed E-state index contributed by atoms with van der Waals surface area (Å²) >= 11 is 2.73. The Morgan fingerprint density at radius 3 is 2.50 bits per heavy atom. The van der Waals surface area contributed by atoms with Crippen molar-refractivity contribution in [2.75, 3.05) is 5.73 Å². The van der Waals surface area contributed by atoms with Crippen molar-refractivity contribution in [2.45, 2.75) is 54.2 Å². The van der Waals surface area contributed by atoms with Crippen molar-refractivity contribution in [3.63, 3.8) is 0 Å². The van der Waals surface area contributed by atoms with Crippen LogP contribution in [0.2, 0.25) is 0 Å². The first-order valence-electron chi connectivity index (χ1n) is 8.33. The monoisotopic (exact) mass is 362 g/mol. The lowest BCUT2D eigenvalue weighted by Crippen LogP contribution is -2.37. The molecule has 1 fully saturated rings. The molecule has 1 aromatic heterocycles. The summed E-state index contributed by atoms with van der Waals surface area (Å²) in [5.74, 6) is 0.0480. The lowest BCUT2D eigenvalue weighted by Gasteiger charge is -2.21. The van der Waals surface area contributed by atoms with Gasteiger partial charge >= 0.3 is 0 Å². The van der Waals surface area contributed by atoms with Gasteiger partial charge in [0.05, 0.1) is 0 Å². The number of anilines is 1. The number of rotatable bonds is 5. The van der Waals surface area contributed by atoms with E-state index >= 15 is 0 Å². The number of nitrogen functional groups attached to an aromatic ring is 1. The van der Waals surface area contributed by atoms with E-state index in [0.29, 0.717) is 5.13 Å². The van der Waals surface area contributed by atoms with Gasteiger partial charge in [-0.15, -0.1) is 10.2 Å². The Hall–Kier alpha value is -1.60. The molecule has 7 heteroatoms. The summed E-state index contributed by atoms with van der Waals surface area (Å²) in [6, 6.07) is 10.1. The molecule has 1 aliphatic rings. The van der Waals surface area contributed by atoms with Crippen LogP contribution in [0.1, 0.15) is 49.3 Å². The van der Waals surface area contributed by atoms with Gasteiger partial charge in [0, 0.05) is 6.04 Å². The van der Waals surface area contributed by atoms with E-state index in [1.807, 2.05) is 30.3 Å². The van der Waals surface area contributed by atoms with Crippen molar-refractivity contribution in [2.24, 2.45) is 0 Å². The van der Waals surface area contributed by atoms with Gasteiger partial charge in [-0.1, -0.05) is 79.1 Å². The Morgan fingerprint density at radius 2 is 1.88 bits per heavy atom. The number of amides is 1. The van der Waals surface area contributed by atoms with Crippen LogP contribution in [0.15, 0.2) is 34.7 Å². The minimum absolute atomic E-state index is 0.0480. The number of aromatic nitrogens is 2.